The van der Waals surface area contributed by atoms with Gasteiger partial charge in [0.25, 0.3) is 0 Å². The van der Waals surface area contributed by atoms with Crippen LogP contribution in [-0.4, -0.2) is 30.8 Å². The van der Waals surface area contributed by atoms with Crippen molar-refractivity contribution in [3.05, 3.63) is 28.7 Å². The number of halogens is 1. The second kappa shape index (κ2) is 6.59. The molecule has 0 radical (unpaired) electrons. The highest BCUT2D eigenvalue weighted by molar-refractivity contribution is 9.10. The Labute approximate surface area is 128 Å². The van der Waals surface area contributed by atoms with E-state index in [1.54, 1.807) is 0 Å². The number of para-hydroxylation sites is 1. The maximum atomic E-state index is 12.4. The monoisotopic (exact) mass is 341 g/mol. The van der Waals surface area contributed by atoms with Gasteiger partial charge in [-0.15, -0.1) is 0 Å². The summed E-state index contributed by atoms with van der Waals surface area (Å²) in [7, 11) is 0. The maximum Gasteiger partial charge on any atom is 0.331 e. The number of hydrogen-bond donors (Lipinski definition) is 1. The van der Waals surface area contributed by atoms with Crippen LogP contribution in [0.1, 0.15) is 26.7 Å². The lowest BCUT2D eigenvalue weighted by molar-refractivity contribution is -0.153. The first kappa shape index (κ1) is 15.3. The third-order valence-electron chi connectivity index (χ3n) is 3.48. The number of benzene rings is 1. The maximum absolute atomic E-state index is 12.4. The Morgan fingerprint density at radius 2 is 2.30 bits per heavy atom. The molecule has 110 valence electrons. The second-order valence-corrected chi connectivity index (χ2v) is 5.90. The van der Waals surface area contributed by atoms with Crippen molar-refractivity contribution in [1.29, 1.82) is 0 Å². The zero-order valence-corrected chi connectivity index (χ0v) is 13.4. The van der Waals surface area contributed by atoms with E-state index >= 15 is 0 Å². The standard InChI is InChI=1S/C15H20BrNO3/c1-3-19-14(18)15(8-9-20-11(2)10-15)17-13-7-5-4-6-12(13)16/h4-7,11,17H,3,8-10H2,1-2H3. The molecule has 2 rings (SSSR count). The highest BCUT2D eigenvalue weighted by Gasteiger charge is 2.44. The molecule has 2 atom stereocenters. The minimum atomic E-state index is -0.711. The van der Waals surface area contributed by atoms with Crippen LogP contribution < -0.4 is 5.32 Å². The molecule has 1 N–H and O–H groups in total. The smallest absolute Gasteiger partial charge is 0.331 e. The molecule has 0 aliphatic carbocycles. The Morgan fingerprint density at radius 1 is 1.55 bits per heavy atom. The van der Waals surface area contributed by atoms with Crippen LogP contribution in [0.5, 0.6) is 0 Å². The van der Waals surface area contributed by atoms with Crippen molar-refractivity contribution in [2.45, 2.75) is 38.3 Å². The fraction of sp³-hybridized carbons (Fsp3) is 0.533. The van der Waals surface area contributed by atoms with Gasteiger partial charge in [0.15, 0.2) is 0 Å². The number of ether oxygens (including phenoxy) is 2. The largest absolute Gasteiger partial charge is 0.464 e. The molecule has 1 saturated heterocycles. The minimum absolute atomic E-state index is 0.0307. The summed E-state index contributed by atoms with van der Waals surface area (Å²) >= 11 is 3.50. The van der Waals surface area contributed by atoms with Gasteiger partial charge in [-0.25, -0.2) is 4.79 Å². The first-order valence-electron chi connectivity index (χ1n) is 6.89. The molecule has 0 amide bonds. The molecule has 20 heavy (non-hydrogen) atoms. The lowest BCUT2D eigenvalue weighted by atomic mass is 9.86. The predicted octanol–water partition coefficient (Wildman–Crippen LogP) is 3.36. The van der Waals surface area contributed by atoms with Gasteiger partial charge in [0.1, 0.15) is 5.54 Å². The Morgan fingerprint density at radius 3 is 2.95 bits per heavy atom. The molecule has 0 spiro atoms. The van der Waals surface area contributed by atoms with Crippen molar-refractivity contribution >= 4 is 27.6 Å². The van der Waals surface area contributed by atoms with E-state index in [0.717, 1.165) is 10.2 Å². The Bertz CT molecular complexity index is 480. The summed E-state index contributed by atoms with van der Waals surface area (Å²) in [6.45, 7) is 4.74. The molecule has 1 fully saturated rings. The Balaban J connectivity index is 2.27. The predicted molar refractivity (Wildman–Crippen MR) is 81.8 cm³/mol. The lowest BCUT2D eigenvalue weighted by Crippen LogP contribution is -2.53. The number of rotatable bonds is 4. The van der Waals surface area contributed by atoms with Crippen molar-refractivity contribution in [1.82, 2.24) is 0 Å². The zero-order chi connectivity index (χ0) is 14.6. The molecule has 1 aromatic rings. The summed E-state index contributed by atoms with van der Waals surface area (Å²) in [4.78, 5) is 12.4. The number of hydrogen-bond acceptors (Lipinski definition) is 4. The number of anilines is 1. The average molecular weight is 342 g/mol. The molecular weight excluding hydrogens is 322 g/mol. The number of carbonyl (C=O) groups is 1. The summed E-state index contributed by atoms with van der Waals surface area (Å²) in [6, 6.07) is 7.78. The molecule has 0 aromatic heterocycles. The van der Waals surface area contributed by atoms with Crippen molar-refractivity contribution in [2.24, 2.45) is 0 Å². The molecule has 1 aromatic carbocycles. The quantitative estimate of drug-likeness (QED) is 0.853. The molecule has 0 saturated carbocycles. The highest BCUT2D eigenvalue weighted by Crippen LogP contribution is 2.33. The second-order valence-electron chi connectivity index (χ2n) is 5.04. The van der Waals surface area contributed by atoms with Crippen LogP contribution >= 0.6 is 15.9 Å². The van der Waals surface area contributed by atoms with Gasteiger partial charge >= 0.3 is 5.97 Å². The zero-order valence-electron chi connectivity index (χ0n) is 11.8. The SMILES string of the molecule is CCOC(=O)C1(Nc2ccccc2Br)CCOC(C)C1. The normalized spacial score (nSPS) is 26.1. The highest BCUT2D eigenvalue weighted by atomic mass is 79.9. The van der Waals surface area contributed by atoms with Gasteiger partial charge in [-0.1, -0.05) is 12.1 Å². The van der Waals surface area contributed by atoms with Crippen LogP contribution in [0.25, 0.3) is 0 Å². The summed E-state index contributed by atoms with van der Waals surface area (Å²) in [5.41, 5.74) is 0.187. The van der Waals surface area contributed by atoms with E-state index in [-0.39, 0.29) is 12.1 Å². The molecule has 1 aliphatic heterocycles. The molecule has 4 nitrogen and oxygen atoms in total. The van der Waals surface area contributed by atoms with Gasteiger partial charge in [0.2, 0.25) is 0 Å². The van der Waals surface area contributed by atoms with E-state index in [4.69, 9.17) is 9.47 Å². The van der Waals surface area contributed by atoms with Crippen LogP contribution in [0.3, 0.4) is 0 Å². The average Bonchev–Trinajstić information content (AvgIpc) is 2.42. The lowest BCUT2D eigenvalue weighted by Gasteiger charge is -2.39. The summed E-state index contributed by atoms with van der Waals surface area (Å²) < 4.78 is 11.8. The van der Waals surface area contributed by atoms with Gasteiger partial charge in [0.05, 0.1) is 12.7 Å². The van der Waals surface area contributed by atoms with Gasteiger partial charge in [-0.3, -0.25) is 0 Å². The molecular formula is C15H20BrNO3. The van der Waals surface area contributed by atoms with Crippen LogP contribution in [0, 0.1) is 0 Å². The Kier molecular flexibility index (Phi) is 5.05. The van der Waals surface area contributed by atoms with Crippen LogP contribution in [0.2, 0.25) is 0 Å². The van der Waals surface area contributed by atoms with Gasteiger partial charge in [-0.2, -0.15) is 0 Å². The molecule has 5 heteroatoms. The van der Waals surface area contributed by atoms with Crippen molar-refractivity contribution in [3.8, 4) is 0 Å². The Hall–Kier alpha value is -1.07. The first-order chi connectivity index (χ1) is 9.57. The van der Waals surface area contributed by atoms with Gasteiger partial charge < -0.3 is 14.8 Å². The van der Waals surface area contributed by atoms with Crippen LogP contribution in [0.4, 0.5) is 5.69 Å². The number of nitrogens with one attached hydrogen (secondary N) is 1. The molecule has 2 unspecified atom stereocenters. The van der Waals surface area contributed by atoms with E-state index < -0.39 is 5.54 Å². The fourth-order valence-electron chi connectivity index (χ4n) is 2.53. The summed E-state index contributed by atoms with van der Waals surface area (Å²) in [5, 5.41) is 3.38. The van der Waals surface area contributed by atoms with E-state index in [0.29, 0.717) is 26.1 Å². The number of carbonyl (C=O) groups excluding carboxylic acids is 1. The van der Waals surface area contributed by atoms with E-state index in [1.807, 2.05) is 38.1 Å². The van der Waals surface area contributed by atoms with Gasteiger partial charge in [0, 0.05) is 29.6 Å². The molecule has 0 bridgehead atoms. The number of esters is 1. The van der Waals surface area contributed by atoms with Gasteiger partial charge in [-0.05, 0) is 41.9 Å². The van der Waals surface area contributed by atoms with E-state index in [1.165, 1.54) is 0 Å². The van der Waals surface area contributed by atoms with Crippen molar-refractivity contribution in [3.63, 3.8) is 0 Å². The van der Waals surface area contributed by atoms with Crippen LogP contribution in [0.15, 0.2) is 28.7 Å². The molecule has 1 heterocycles. The first-order valence-corrected chi connectivity index (χ1v) is 7.68. The van der Waals surface area contributed by atoms with E-state index in [9.17, 15) is 4.79 Å². The topological polar surface area (TPSA) is 47.6 Å². The third kappa shape index (κ3) is 3.33. The summed E-state index contributed by atoms with van der Waals surface area (Å²) in [5.74, 6) is -0.203. The fourth-order valence-corrected chi connectivity index (χ4v) is 2.91. The van der Waals surface area contributed by atoms with Crippen molar-refractivity contribution in [2.75, 3.05) is 18.5 Å². The third-order valence-corrected chi connectivity index (χ3v) is 4.17. The van der Waals surface area contributed by atoms with E-state index in [2.05, 4.69) is 21.2 Å². The summed E-state index contributed by atoms with van der Waals surface area (Å²) in [6.07, 6.45) is 1.24. The minimum Gasteiger partial charge on any atom is -0.464 e. The van der Waals surface area contributed by atoms with Crippen LogP contribution in [-0.2, 0) is 14.3 Å². The molecule has 1 aliphatic rings. The van der Waals surface area contributed by atoms with Crippen molar-refractivity contribution < 1.29 is 14.3 Å².